The second-order valence-electron chi connectivity index (χ2n) is 8.72. The van der Waals surface area contributed by atoms with Crippen LogP contribution in [0.4, 0.5) is 9.18 Å². The van der Waals surface area contributed by atoms with Gasteiger partial charge in [0.15, 0.2) is 0 Å². The highest BCUT2D eigenvalue weighted by molar-refractivity contribution is 6.09. The molecule has 1 saturated carbocycles. The molecular formula is C23H28FN5O3. The molecule has 170 valence electrons. The highest BCUT2D eigenvalue weighted by Crippen LogP contribution is 2.35. The molecule has 1 aromatic carbocycles. The van der Waals surface area contributed by atoms with Crippen molar-refractivity contribution in [3.05, 3.63) is 41.8 Å². The molecule has 2 heterocycles. The Morgan fingerprint density at radius 2 is 2.03 bits per heavy atom. The minimum absolute atomic E-state index is 0.270. The molecule has 2 fully saturated rings. The molecule has 1 saturated heterocycles. The van der Waals surface area contributed by atoms with Gasteiger partial charge in [0.05, 0.1) is 5.69 Å². The summed E-state index contributed by atoms with van der Waals surface area (Å²) in [6.45, 7) is 2.07. The number of nitrogens with one attached hydrogen (secondary N) is 2. The number of rotatable bonds is 7. The van der Waals surface area contributed by atoms with E-state index in [9.17, 15) is 18.8 Å². The maximum atomic E-state index is 13.4. The topological polar surface area (TPSA) is 98.4 Å². The van der Waals surface area contributed by atoms with E-state index in [4.69, 9.17) is 0 Å². The van der Waals surface area contributed by atoms with Crippen LogP contribution in [-0.4, -0.2) is 63.0 Å². The van der Waals surface area contributed by atoms with Crippen LogP contribution in [0.3, 0.4) is 0 Å². The van der Waals surface area contributed by atoms with E-state index in [1.807, 2.05) is 6.07 Å². The maximum absolute atomic E-state index is 13.4. The summed E-state index contributed by atoms with van der Waals surface area (Å²) < 4.78 is 13.4. The van der Waals surface area contributed by atoms with Crippen LogP contribution >= 0.6 is 0 Å². The fraction of sp³-hybridized carbons (Fsp3) is 0.478. The number of urea groups is 1. The van der Waals surface area contributed by atoms with Crippen molar-refractivity contribution in [2.45, 2.75) is 57.0 Å². The fourth-order valence-electron chi connectivity index (χ4n) is 4.64. The lowest BCUT2D eigenvalue weighted by molar-refractivity contribution is -0.142. The number of aromatic amines is 1. The Labute approximate surface area is 186 Å². The van der Waals surface area contributed by atoms with Gasteiger partial charge < -0.3 is 10.2 Å². The third-order valence-corrected chi connectivity index (χ3v) is 6.46. The Morgan fingerprint density at radius 1 is 1.28 bits per heavy atom. The molecule has 2 aromatic rings. The van der Waals surface area contributed by atoms with E-state index in [0.29, 0.717) is 43.5 Å². The molecule has 0 radical (unpaired) electrons. The van der Waals surface area contributed by atoms with E-state index in [1.54, 1.807) is 31.0 Å². The standard InChI is InChI=1S/C23H28FN5O3/c1-15(29-21(31)23(25-22(29)32)10-3-4-11-23)20(30)28(2)12-6-9-18-14-19(27-26-18)16-7-5-8-17(24)13-16/h5,7-8,13-15H,3-4,6,9-12H2,1-2H3,(H,25,32)(H,26,27). The summed E-state index contributed by atoms with van der Waals surface area (Å²) in [6, 6.07) is 6.79. The number of nitrogens with zero attached hydrogens (tertiary/aromatic N) is 3. The van der Waals surface area contributed by atoms with Gasteiger partial charge in [0, 0.05) is 24.8 Å². The molecule has 2 aliphatic rings. The zero-order valence-electron chi connectivity index (χ0n) is 18.4. The highest BCUT2D eigenvalue weighted by Gasteiger charge is 2.54. The first-order valence-electron chi connectivity index (χ1n) is 11.0. The van der Waals surface area contributed by atoms with Crippen molar-refractivity contribution in [2.75, 3.05) is 13.6 Å². The number of hydrogen-bond donors (Lipinski definition) is 2. The zero-order chi connectivity index (χ0) is 22.9. The van der Waals surface area contributed by atoms with Gasteiger partial charge >= 0.3 is 6.03 Å². The van der Waals surface area contributed by atoms with Crippen LogP contribution in [0.2, 0.25) is 0 Å². The Hall–Kier alpha value is -3.23. The van der Waals surface area contributed by atoms with Crippen LogP contribution in [0.25, 0.3) is 11.3 Å². The van der Waals surface area contributed by atoms with Crippen molar-refractivity contribution in [1.29, 1.82) is 0 Å². The molecule has 2 N–H and O–H groups in total. The number of H-pyrrole nitrogens is 1. The number of aromatic nitrogens is 2. The summed E-state index contributed by atoms with van der Waals surface area (Å²) in [5.41, 5.74) is 1.43. The van der Waals surface area contributed by atoms with Gasteiger partial charge in [0.25, 0.3) is 5.91 Å². The molecule has 4 rings (SSSR count). The summed E-state index contributed by atoms with van der Waals surface area (Å²) in [4.78, 5) is 40.8. The molecule has 1 spiro atoms. The van der Waals surface area contributed by atoms with E-state index in [0.717, 1.165) is 23.4 Å². The molecule has 0 bridgehead atoms. The summed E-state index contributed by atoms with van der Waals surface area (Å²) >= 11 is 0. The Balaban J connectivity index is 1.31. The van der Waals surface area contributed by atoms with Gasteiger partial charge in [-0.3, -0.25) is 14.7 Å². The Kier molecular flexibility index (Phi) is 5.99. The van der Waals surface area contributed by atoms with Gasteiger partial charge in [0.1, 0.15) is 17.4 Å². The van der Waals surface area contributed by atoms with Crippen LogP contribution in [0.5, 0.6) is 0 Å². The molecule has 1 aliphatic heterocycles. The van der Waals surface area contributed by atoms with E-state index in [1.165, 1.54) is 12.1 Å². The first kappa shape index (κ1) is 22.0. The van der Waals surface area contributed by atoms with Crippen LogP contribution in [0.1, 0.15) is 44.7 Å². The maximum Gasteiger partial charge on any atom is 0.325 e. The molecular weight excluding hydrogens is 413 g/mol. The number of carbonyl (C=O) groups excluding carboxylic acids is 3. The van der Waals surface area contributed by atoms with Crippen molar-refractivity contribution in [3.63, 3.8) is 0 Å². The normalized spacial score (nSPS) is 18.3. The predicted molar refractivity (Wildman–Crippen MR) is 116 cm³/mol. The van der Waals surface area contributed by atoms with Crippen molar-refractivity contribution in [1.82, 2.24) is 25.3 Å². The first-order chi connectivity index (χ1) is 15.3. The number of carbonyl (C=O) groups is 3. The number of aryl methyl sites for hydroxylation is 1. The molecule has 4 amide bonds. The average Bonchev–Trinajstić information content (AvgIpc) is 3.48. The minimum atomic E-state index is -0.848. The molecule has 1 aliphatic carbocycles. The SMILES string of the molecule is CC(C(=O)N(C)CCCc1cc(-c2cccc(F)c2)n[nH]1)N1C(=O)NC2(CCCC2)C1=O. The van der Waals surface area contributed by atoms with Crippen LogP contribution in [0, 0.1) is 5.82 Å². The second-order valence-corrected chi connectivity index (χ2v) is 8.72. The van der Waals surface area contributed by atoms with Crippen molar-refractivity contribution < 1.29 is 18.8 Å². The average molecular weight is 442 g/mol. The quantitative estimate of drug-likeness (QED) is 0.646. The highest BCUT2D eigenvalue weighted by atomic mass is 19.1. The van der Waals surface area contributed by atoms with Crippen molar-refractivity contribution >= 4 is 17.8 Å². The van der Waals surface area contributed by atoms with Gasteiger partial charge in [-0.05, 0) is 50.8 Å². The first-order valence-corrected chi connectivity index (χ1v) is 11.0. The lowest BCUT2D eigenvalue weighted by atomic mass is 9.97. The smallest absolute Gasteiger partial charge is 0.325 e. The molecule has 9 heteroatoms. The number of likely N-dealkylation sites (N-methyl/N-ethyl adjacent to an activating group) is 1. The molecule has 1 aromatic heterocycles. The number of halogens is 1. The number of amides is 4. The fourth-order valence-corrected chi connectivity index (χ4v) is 4.64. The minimum Gasteiger partial charge on any atom is -0.344 e. The van der Waals surface area contributed by atoms with Gasteiger partial charge in [-0.2, -0.15) is 5.10 Å². The van der Waals surface area contributed by atoms with E-state index in [-0.39, 0.29) is 17.6 Å². The summed E-state index contributed by atoms with van der Waals surface area (Å²) in [6.07, 6.45) is 4.39. The van der Waals surface area contributed by atoms with E-state index < -0.39 is 17.6 Å². The third-order valence-electron chi connectivity index (χ3n) is 6.46. The van der Waals surface area contributed by atoms with Gasteiger partial charge in [0.2, 0.25) is 5.91 Å². The second kappa shape index (κ2) is 8.72. The lowest BCUT2D eigenvalue weighted by Gasteiger charge is -2.27. The van der Waals surface area contributed by atoms with Gasteiger partial charge in [-0.25, -0.2) is 14.1 Å². The van der Waals surface area contributed by atoms with E-state index in [2.05, 4.69) is 15.5 Å². The number of benzene rings is 1. The molecule has 1 unspecified atom stereocenters. The molecule has 8 nitrogen and oxygen atoms in total. The van der Waals surface area contributed by atoms with Crippen LogP contribution in [-0.2, 0) is 16.0 Å². The van der Waals surface area contributed by atoms with Crippen molar-refractivity contribution in [2.24, 2.45) is 0 Å². The monoisotopic (exact) mass is 441 g/mol. The number of imide groups is 1. The largest absolute Gasteiger partial charge is 0.344 e. The predicted octanol–water partition coefficient (Wildman–Crippen LogP) is 2.86. The zero-order valence-corrected chi connectivity index (χ0v) is 18.4. The molecule has 32 heavy (non-hydrogen) atoms. The number of hydrogen-bond acceptors (Lipinski definition) is 4. The van der Waals surface area contributed by atoms with E-state index >= 15 is 0 Å². The summed E-state index contributed by atoms with van der Waals surface area (Å²) in [7, 11) is 1.67. The Morgan fingerprint density at radius 3 is 2.75 bits per heavy atom. The van der Waals surface area contributed by atoms with Crippen LogP contribution in [0.15, 0.2) is 30.3 Å². The van der Waals surface area contributed by atoms with Gasteiger partial charge in [-0.15, -0.1) is 0 Å². The van der Waals surface area contributed by atoms with Crippen LogP contribution < -0.4 is 5.32 Å². The lowest BCUT2D eigenvalue weighted by Crippen LogP contribution is -2.50. The van der Waals surface area contributed by atoms with Crippen molar-refractivity contribution in [3.8, 4) is 11.3 Å². The molecule has 1 atom stereocenters. The Bertz CT molecular complexity index is 1030. The third kappa shape index (κ3) is 4.11. The summed E-state index contributed by atoms with van der Waals surface area (Å²) in [5, 5.41) is 10.0. The van der Waals surface area contributed by atoms with Gasteiger partial charge in [-0.1, -0.05) is 25.0 Å². The summed E-state index contributed by atoms with van der Waals surface area (Å²) in [5.74, 6) is -0.865.